The molecule has 1 aromatic carbocycles. The lowest BCUT2D eigenvalue weighted by Crippen LogP contribution is -2.52. The fourth-order valence-corrected chi connectivity index (χ4v) is 9.35. The highest BCUT2D eigenvalue weighted by Crippen LogP contribution is 2.42. The number of urea groups is 1. The van der Waals surface area contributed by atoms with Crippen LogP contribution in [0.25, 0.3) is 0 Å². The maximum atomic E-state index is 13.7. The number of esters is 1. The first-order chi connectivity index (χ1) is 36.0. The summed E-state index contributed by atoms with van der Waals surface area (Å²) in [7, 11) is 0. The van der Waals surface area contributed by atoms with E-state index in [2.05, 4.69) is 39.6 Å². The minimum absolute atomic E-state index is 0.0710. The third kappa shape index (κ3) is 22.3. The summed E-state index contributed by atoms with van der Waals surface area (Å²) in [5.41, 5.74) is 6.48. The molecule has 1 aromatic rings. The lowest BCUT2D eigenvalue weighted by atomic mass is 9.87. The monoisotopic (exact) mass is 1060 g/mol. The number of aliphatic hydroxyl groups excluding tert-OH is 1. The van der Waals surface area contributed by atoms with Crippen molar-refractivity contribution >= 4 is 53.1 Å². The van der Waals surface area contributed by atoms with Crippen molar-refractivity contribution in [3.05, 3.63) is 65.8 Å². The van der Waals surface area contributed by atoms with Crippen molar-refractivity contribution < 1.29 is 67.1 Å². The minimum Gasteiger partial charge on any atom is -0.459 e. The third-order valence-corrected chi connectivity index (χ3v) is 13.8. The standard InChI is InChI=1S/C56H84N6O14/c1-34(2)51(62-49(66)16-12-10-9-11-14-37(5)63)46(65)29-42(15-13-27-58-54(57)70)53(69)60-43-22-20-41(21-23-43)32-72-55(71)59-31-44-30-56(33-73-56)52(68)48(76-44)25-18-35(3)17-24-47-36(4)28-45(39(7)75-47)61-50(67)26-19-38(6)74-40(8)64/h17-23,25-26,34,36,38-39,42,44-45,47-48,51-52,68H,9-16,24,27-33H2,1-8H3,(H,59,71)(H,60,69)(H,61,67)(H,62,66)(H3,57,58,70)/b25-18+,26-19-,35-17+/t36-,38-,39+,42+,44-,45+,47-,48+,51-,52+,56+/m0/s1. The second kappa shape index (κ2) is 31.3. The number of nitrogens with one attached hydrogen (secondary N) is 5. The number of alkyl carbamates (subject to hydrolysis) is 1. The van der Waals surface area contributed by atoms with Gasteiger partial charge in [0.05, 0.1) is 37.0 Å². The summed E-state index contributed by atoms with van der Waals surface area (Å²) in [6, 6.07) is 5.02. The number of carbonyl (C=O) groups is 8. The number of aliphatic hydroxyl groups is 1. The highest BCUT2D eigenvalue weighted by molar-refractivity contribution is 5.97. The van der Waals surface area contributed by atoms with Crippen molar-refractivity contribution in [2.45, 2.75) is 193 Å². The number of benzene rings is 1. The van der Waals surface area contributed by atoms with Gasteiger partial charge in [0.1, 0.15) is 36.3 Å². The third-order valence-electron chi connectivity index (χ3n) is 13.8. The van der Waals surface area contributed by atoms with Gasteiger partial charge in [-0.25, -0.2) is 9.59 Å². The molecule has 3 saturated heterocycles. The number of hydrogen-bond acceptors (Lipinski definition) is 14. The number of unbranched alkanes of at least 4 members (excludes halogenated alkanes) is 3. The number of anilines is 1. The Hall–Kier alpha value is -5.96. The Balaban J connectivity index is 1.23. The van der Waals surface area contributed by atoms with Crippen molar-refractivity contribution in [3.8, 4) is 0 Å². The van der Waals surface area contributed by atoms with Crippen LogP contribution in [0.1, 0.15) is 138 Å². The van der Waals surface area contributed by atoms with Crippen LogP contribution in [-0.4, -0.2) is 126 Å². The highest BCUT2D eigenvalue weighted by atomic mass is 16.6. The Bertz CT molecular complexity index is 2210. The number of allylic oxidation sites excluding steroid dienone is 2. The zero-order valence-corrected chi connectivity index (χ0v) is 45.7. The first-order valence-electron chi connectivity index (χ1n) is 26.8. The molecule has 3 aliphatic rings. The van der Waals surface area contributed by atoms with E-state index in [0.29, 0.717) is 50.0 Å². The summed E-state index contributed by atoms with van der Waals surface area (Å²) in [5, 5.41) is 25.2. The van der Waals surface area contributed by atoms with Crippen molar-refractivity contribution in [2.75, 3.05) is 25.0 Å². The maximum absolute atomic E-state index is 13.7. The fourth-order valence-electron chi connectivity index (χ4n) is 9.35. The Morgan fingerprint density at radius 3 is 2.25 bits per heavy atom. The number of amides is 6. The van der Waals surface area contributed by atoms with Crippen molar-refractivity contribution in [2.24, 2.45) is 23.5 Å². The van der Waals surface area contributed by atoms with Crippen LogP contribution in [0.5, 0.6) is 0 Å². The van der Waals surface area contributed by atoms with Crippen molar-refractivity contribution in [1.82, 2.24) is 21.3 Å². The summed E-state index contributed by atoms with van der Waals surface area (Å²) in [6.45, 7) is 14.8. The van der Waals surface area contributed by atoms with Crippen LogP contribution < -0.4 is 32.3 Å². The topological polar surface area (TPSA) is 292 Å². The molecule has 20 heteroatoms. The van der Waals surface area contributed by atoms with E-state index in [9.17, 15) is 43.5 Å². The second-order valence-corrected chi connectivity index (χ2v) is 21.0. The number of carbonyl (C=O) groups excluding carboxylic acids is 8. The number of nitrogens with two attached hydrogens (primary N) is 1. The Morgan fingerprint density at radius 1 is 0.908 bits per heavy atom. The SMILES string of the molecule is CC(=O)CCCCCCC(=O)N[C@H](C(=O)C[C@@H](CCCNC(N)=O)C(=O)Nc1ccc(COC(=O)NC[C@@H]2C[C@@]3(CO3)[C@H](O)[C@@H](/C=C/C(C)=C/C[C@@H]3O[C@H](C)[C@H](NC(=O)/C=C\[C@H](C)OC(C)=O)C[C@@H]3C)O2)cc1)C(C)C. The molecule has 422 valence electrons. The minimum atomic E-state index is -0.908. The van der Waals surface area contributed by atoms with Gasteiger partial charge >= 0.3 is 18.1 Å². The molecular weight excluding hydrogens is 981 g/mol. The molecule has 3 heterocycles. The number of hydrogen-bond donors (Lipinski definition) is 7. The van der Waals surface area contributed by atoms with Gasteiger partial charge in [0, 0.05) is 63.4 Å². The molecule has 0 bridgehead atoms. The van der Waals surface area contributed by atoms with Gasteiger partial charge in [-0.3, -0.25) is 24.0 Å². The normalized spacial score (nSPS) is 24.6. The van der Waals surface area contributed by atoms with Crippen LogP contribution in [0.3, 0.4) is 0 Å². The van der Waals surface area contributed by atoms with Gasteiger partial charge in [-0.05, 0) is 102 Å². The molecule has 6 amide bonds. The maximum Gasteiger partial charge on any atom is 0.407 e. The van der Waals surface area contributed by atoms with Gasteiger partial charge in [-0.1, -0.05) is 69.5 Å². The van der Waals surface area contributed by atoms with Crippen LogP contribution in [0.4, 0.5) is 15.3 Å². The molecule has 0 aromatic heterocycles. The van der Waals surface area contributed by atoms with E-state index in [1.54, 1.807) is 44.2 Å². The summed E-state index contributed by atoms with van der Waals surface area (Å²) in [6.07, 6.45) is 11.1. The summed E-state index contributed by atoms with van der Waals surface area (Å²) in [4.78, 5) is 99.2. The second-order valence-electron chi connectivity index (χ2n) is 21.0. The molecule has 8 N–H and O–H groups in total. The molecule has 0 radical (unpaired) electrons. The molecule has 0 aliphatic carbocycles. The zero-order valence-electron chi connectivity index (χ0n) is 45.7. The van der Waals surface area contributed by atoms with Crippen LogP contribution in [0, 0.1) is 17.8 Å². The smallest absolute Gasteiger partial charge is 0.407 e. The van der Waals surface area contributed by atoms with Crippen molar-refractivity contribution in [1.29, 1.82) is 0 Å². The first kappa shape index (κ1) is 62.6. The van der Waals surface area contributed by atoms with Gasteiger partial charge in [-0.15, -0.1) is 0 Å². The van der Waals surface area contributed by atoms with Gasteiger partial charge in [0.2, 0.25) is 17.7 Å². The Labute approximate surface area is 447 Å². The van der Waals surface area contributed by atoms with E-state index < -0.39 is 66.0 Å². The molecule has 20 nitrogen and oxygen atoms in total. The molecule has 1 spiro atoms. The molecule has 3 aliphatic heterocycles. The van der Waals surface area contributed by atoms with E-state index in [-0.39, 0.29) is 92.4 Å². The molecule has 0 saturated carbocycles. The van der Waals surface area contributed by atoms with E-state index in [0.717, 1.165) is 31.3 Å². The number of primary amides is 1. The number of Topliss-reactive ketones (excluding diaryl/α,β-unsaturated/α-hetero) is 2. The summed E-state index contributed by atoms with van der Waals surface area (Å²) < 4.78 is 28.8. The van der Waals surface area contributed by atoms with Gasteiger partial charge in [0.15, 0.2) is 5.78 Å². The lowest BCUT2D eigenvalue weighted by molar-refractivity contribution is -0.143. The average molecular weight is 1070 g/mol. The predicted octanol–water partition coefficient (Wildman–Crippen LogP) is 5.93. The quantitative estimate of drug-likeness (QED) is 0.0155. The van der Waals surface area contributed by atoms with E-state index >= 15 is 0 Å². The number of rotatable bonds is 30. The van der Waals surface area contributed by atoms with E-state index in [1.807, 2.05) is 33.8 Å². The summed E-state index contributed by atoms with van der Waals surface area (Å²) >= 11 is 0. The molecular formula is C56H84N6O14. The van der Waals surface area contributed by atoms with Gasteiger partial charge in [0.25, 0.3) is 0 Å². The lowest BCUT2D eigenvalue weighted by Gasteiger charge is -2.39. The van der Waals surface area contributed by atoms with Gasteiger partial charge < -0.3 is 65.9 Å². The van der Waals surface area contributed by atoms with Crippen molar-refractivity contribution in [3.63, 3.8) is 0 Å². The van der Waals surface area contributed by atoms with Gasteiger partial charge in [-0.2, -0.15) is 0 Å². The average Bonchev–Trinajstić information content (AvgIpc) is 4.14. The zero-order chi connectivity index (χ0) is 56.0. The highest BCUT2D eigenvalue weighted by Gasteiger charge is 2.58. The Kier molecular flexibility index (Phi) is 25.8. The van der Waals surface area contributed by atoms with E-state index in [4.69, 9.17) is 29.4 Å². The van der Waals surface area contributed by atoms with Crippen LogP contribution in [0.2, 0.25) is 0 Å². The van der Waals surface area contributed by atoms with Crippen LogP contribution in [-0.2, 0) is 59.1 Å². The Morgan fingerprint density at radius 2 is 1.61 bits per heavy atom. The fraction of sp³-hybridized carbons (Fsp3) is 0.643. The summed E-state index contributed by atoms with van der Waals surface area (Å²) in [5.74, 6) is -2.36. The van der Waals surface area contributed by atoms with Crippen LogP contribution in [0.15, 0.2) is 60.2 Å². The number of ether oxygens (including phenoxy) is 5. The molecule has 3 fully saturated rings. The largest absolute Gasteiger partial charge is 0.459 e. The first-order valence-corrected chi connectivity index (χ1v) is 26.8. The predicted molar refractivity (Wildman–Crippen MR) is 284 cm³/mol. The molecule has 76 heavy (non-hydrogen) atoms. The molecule has 0 unspecified atom stereocenters. The van der Waals surface area contributed by atoms with Crippen LogP contribution >= 0.6 is 0 Å². The number of ketones is 2. The van der Waals surface area contributed by atoms with E-state index in [1.165, 1.54) is 19.1 Å². The molecule has 4 rings (SSSR count). The molecule has 11 atom stereocenters. The number of epoxide rings is 1.